The van der Waals surface area contributed by atoms with E-state index in [2.05, 4.69) is 60.4 Å². The lowest BCUT2D eigenvalue weighted by Gasteiger charge is -2.21. The lowest BCUT2D eigenvalue weighted by atomic mass is 10.1. The SMILES string of the molecule is CCOc1ccc(CNC(=NC)NC(C)CCCN(CC)CC)cc1C. The van der Waals surface area contributed by atoms with Gasteiger partial charge < -0.3 is 20.3 Å². The van der Waals surface area contributed by atoms with Crippen molar-refractivity contribution in [2.24, 2.45) is 4.99 Å². The molecule has 1 atom stereocenters. The first-order chi connectivity index (χ1) is 12.5. The van der Waals surface area contributed by atoms with Crippen LogP contribution >= 0.6 is 0 Å². The van der Waals surface area contributed by atoms with Crippen LogP contribution in [-0.2, 0) is 6.54 Å². The van der Waals surface area contributed by atoms with Crippen molar-refractivity contribution in [2.75, 3.05) is 33.3 Å². The second-order valence-corrected chi connectivity index (χ2v) is 6.67. The third-order valence-corrected chi connectivity index (χ3v) is 4.61. The molecule has 5 nitrogen and oxygen atoms in total. The van der Waals surface area contributed by atoms with Crippen molar-refractivity contribution in [3.8, 4) is 5.75 Å². The fraction of sp³-hybridized carbons (Fsp3) is 0.667. The number of rotatable bonds is 11. The molecular formula is C21H38N4O. The number of hydrogen-bond acceptors (Lipinski definition) is 3. The average Bonchev–Trinajstić information content (AvgIpc) is 2.64. The fourth-order valence-corrected chi connectivity index (χ4v) is 2.99. The lowest BCUT2D eigenvalue weighted by molar-refractivity contribution is 0.292. The van der Waals surface area contributed by atoms with Gasteiger partial charge in [0.15, 0.2) is 5.96 Å². The summed E-state index contributed by atoms with van der Waals surface area (Å²) in [6.45, 7) is 15.6. The Balaban J connectivity index is 2.41. The minimum absolute atomic E-state index is 0.402. The van der Waals surface area contributed by atoms with Crippen LogP contribution in [-0.4, -0.2) is 50.2 Å². The highest BCUT2D eigenvalue weighted by Crippen LogP contribution is 2.18. The zero-order chi connectivity index (χ0) is 19.4. The van der Waals surface area contributed by atoms with Gasteiger partial charge in [-0.2, -0.15) is 0 Å². The minimum atomic E-state index is 0.402. The Morgan fingerprint density at radius 1 is 1.23 bits per heavy atom. The molecule has 0 aliphatic rings. The first-order valence-corrected chi connectivity index (χ1v) is 9.95. The Kier molecular flexibility index (Phi) is 10.8. The van der Waals surface area contributed by atoms with Crippen LogP contribution in [0.5, 0.6) is 5.75 Å². The monoisotopic (exact) mass is 362 g/mol. The number of hydrogen-bond donors (Lipinski definition) is 2. The Hall–Kier alpha value is -1.75. The molecule has 0 fully saturated rings. The van der Waals surface area contributed by atoms with Gasteiger partial charge in [-0.1, -0.05) is 26.0 Å². The Morgan fingerprint density at radius 2 is 1.96 bits per heavy atom. The Bertz CT molecular complexity index is 541. The maximum atomic E-state index is 5.60. The second kappa shape index (κ2) is 12.6. The highest BCUT2D eigenvalue weighted by atomic mass is 16.5. The molecule has 1 aromatic rings. The van der Waals surface area contributed by atoms with Crippen LogP contribution in [0.15, 0.2) is 23.2 Å². The summed E-state index contributed by atoms with van der Waals surface area (Å²) in [6, 6.07) is 6.71. The standard InChI is InChI=1S/C21H38N4O/c1-7-25(8-2)14-10-11-18(5)24-21(22-6)23-16-19-12-13-20(26-9-3)17(4)15-19/h12-13,15,18H,7-11,14,16H2,1-6H3,(H2,22,23,24). The normalized spacial score (nSPS) is 13.0. The molecular weight excluding hydrogens is 324 g/mol. The molecule has 0 saturated carbocycles. The molecule has 0 spiro atoms. The van der Waals surface area contributed by atoms with Gasteiger partial charge in [0, 0.05) is 19.6 Å². The molecule has 1 aromatic carbocycles. The van der Waals surface area contributed by atoms with Crippen LogP contribution in [0.3, 0.4) is 0 Å². The lowest BCUT2D eigenvalue weighted by Crippen LogP contribution is -2.42. The number of guanidine groups is 1. The zero-order valence-electron chi connectivity index (χ0n) is 17.6. The molecule has 26 heavy (non-hydrogen) atoms. The van der Waals surface area contributed by atoms with Crippen molar-refractivity contribution in [1.29, 1.82) is 0 Å². The molecule has 0 saturated heterocycles. The van der Waals surface area contributed by atoms with Crippen molar-refractivity contribution in [3.05, 3.63) is 29.3 Å². The predicted molar refractivity (Wildman–Crippen MR) is 112 cm³/mol. The summed E-state index contributed by atoms with van der Waals surface area (Å²) in [7, 11) is 1.82. The van der Waals surface area contributed by atoms with Crippen molar-refractivity contribution < 1.29 is 4.74 Å². The molecule has 0 aliphatic carbocycles. The number of aliphatic imine (C=N–C) groups is 1. The largest absolute Gasteiger partial charge is 0.494 e. The van der Waals surface area contributed by atoms with Crippen LogP contribution in [0.1, 0.15) is 51.7 Å². The van der Waals surface area contributed by atoms with Gasteiger partial charge in [-0.15, -0.1) is 0 Å². The summed E-state index contributed by atoms with van der Waals surface area (Å²) in [6.07, 6.45) is 2.34. The first kappa shape index (κ1) is 22.3. The molecule has 0 aliphatic heterocycles. The van der Waals surface area contributed by atoms with Gasteiger partial charge >= 0.3 is 0 Å². The molecule has 0 radical (unpaired) electrons. The van der Waals surface area contributed by atoms with Gasteiger partial charge in [-0.3, -0.25) is 4.99 Å². The summed E-state index contributed by atoms with van der Waals surface area (Å²) < 4.78 is 5.60. The molecule has 2 N–H and O–H groups in total. The zero-order valence-corrected chi connectivity index (χ0v) is 17.6. The van der Waals surface area contributed by atoms with E-state index in [0.29, 0.717) is 12.6 Å². The summed E-state index contributed by atoms with van der Waals surface area (Å²) in [5.41, 5.74) is 2.39. The maximum absolute atomic E-state index is 5.60. The number of aryl methyl sites for hydroxylation is 1. The van der Waals surface area contributed by atoms with E-state index in [1.165, 1.54) is 17.5 Å². The van der Waals surface area contributed by atoms with E-state index in [1.807, 2.05) is 20.0 Å². The average molecular weight is 363 g/mol. The molecule has 0 heterocycles. The molecule has 5 heteroatoms. The van der Waals surface area contributed by atoms with Crippen molar-refractivity contribution in [1.82, 2.24) is 15.5 Å². The molecule has 1 rings (SSSR count). The summed E-state index contributed by atoms with van der Waals surface area (Å²) in [5.74, 6) is 1.81. The van der Waals surface area contributed by atoms with Crippen LogP contribution in [0.25, 0.3) is 0 Å². The molecule has 0 amide bonds. The predicted octanol–water partition coefficient (Wildman–Crippen LogP) is 3.57. The molecule has 148 valence electrons. The quantitative estimate of drug-likeness (QED) is 0.467. The van der Waals surface area contributed by atoms with Gasteiger partial charge in [0.1, 0.15) is 5.75 Å². The summed E-state index contributed by atoms with van der Waals surface area (Å²) in [4.78, 5) is 6.81. The van der Waals surface area contributed by atoms with Crippen LogP contribution < -0.4 is 15.4 Å². The van der Waals surface area contributed by atoms with Gasteiger partial charge in [0.05, 0.1) is 6.61 Å². The summed E-state index contributed by atoms with van der Waals surface area (Å²) in [5, 5.41) is 6.89. The minimum Gasteiger partial charge on any atom is -0.494 e. The van der Waals surface area contributed by atoms with E-state index < -0.39 is 0 Å². The number of nitrogens with one attached hydrogen (secondary N) is 2. The number of nitrogens with zero attached hydrogens (tertiary/aromatic N) is 2. The molecule has 0 bridgehead atoms. The summed E-state index contributed by atoms with van der Waals surface area (Å²) >= 11 is 0. The molecule has 0 aromatic heterocycles. The third kappa shape index (κ3) is 8.09. The van der Waals surface area contributed by atoms with E-state index in [4.69, 9.17) is 4.74 Å². The van der Waals surface area contributed by atoms with Gasteiger partial charge in [-0.25, -0.2) is 0 Å². The molecule has 1 unspecified atom stereocenters. The van der Waals surface area contributed by atoms with E-state index in [0.717, 1.165) is 44.3 Å². The van der Waals surface area contributed by atoms with E-state index in [9.17, 15) is 0 Å². The fourth-order valence-electron chi connectivity index (χ4n) is 2.99. The van der Waals surface area contributed by atoms with Crippen molar-refractivity contribution >= 4 is 5.96 Å². The van der Waals surface area contributed by atoms with Crippen molar-refractivity contribution in [2.45, 2.75) is 60.0 Å². The van der Waals surface area contributed by atoms with E-state index >= 15 is 0 Å². The topological polar surface area (TPSA) is 48.9 Å². The highest BCUT2D eigenvalue weighted by molar-refractivity contribution is 5.79. The Labute approximate surface area is 160 Å². The van der Waals surface area contributed by atoms with Crippen LogP contribution in [0.4, 0.5) is 0 Å². The van der Waals surface area contributed by atoms with Crippen LogP contribution in [0, 0.1) is 6.92 Å². The highest BCUT2D eigenvalue weighted by Gasteiger charge is 2.07. The maximum Gasteiger partial charge on any atom is 0.191 e. The Morgan fingerprint density at radius 3 is 2.54 bits per heavy atom. The number of ether oxygens (including phenoxy) is 1. The van der Waals surface area contributed by atoms with Crippen molar-refractivity contribution in [3.63, 3.8) is 0 Å². The van der Waals surface area contributed by atoms with Crippen LogP contribution in [0.2, 0.25) is 0 Å². The van der Waals surface area contributed by atoms with Gasteiger partial charge in [0.2, 0.25) is 0 Å². The van der Waals surface area contributed by atoms with Gasteiger partial charge in [0.25, 0.3) is 0 Å². The van der Waals surface area contributed by atoms with E-state index in [1.54, 1.807) is 0 Å². The third-order valence-electron chi connectivity index (χ3n) is 4.61. The smallest absolute Gasteiger partial charge is 0.191 e. The van der Waals surface area contributed by atoms with Gasteiger partial charge in [-0.05, 0) is 70.4 Å². The second-order valence-electron chi connectivity index (χ2n) is 6.67. The van der Waals surface area contributed by atoms with E-state index in [-0.39, 0.29) is 0 Å². The first-order valence-electron chi connectivity index (χ1n) is 9.95. The number of benzene rings is 1.